The Labute approximate surface area is 124 Å². The fourth-order valence-corrected chi connectivity index (χ4v) is 3.30. The highest BCUT2D eigenvalue weighted by Crippen LogP contribution is 2.27. The maximum absolute atomic E-state index is 12.4. The molecule has 21 heavy (non-hydrogen) atoms. The number of nitrogens with zero attached hydrogens (tertiary/aromatic N) is 2. The molecule has 0 N–H and O–H groups in total. The fourth-order valence-electron chi connectivity index (χ4n) is 3.30. The number of carbonyl (C=O) groups excluding carboxylic acids is 2. The van der Waals surface area contributed by atoms with Crippen molar-refractivity contribution in [1.82, 2.24) is 9.80 Å². The summed E-state index contributed by atoms with van der Waals surface area (Å²) in [7, 11) is 0. The van der Waals surface area contributed by atoms with Crippen LogP contribution >= 0.6 is 0 Å². The average molecular weight is 290 g/mol. The molecule has 1 aliphatic heterocycles. The second-order valence-corrected chi connectivity index (χ2v) is 6.03. The van der Waals surface area contributed by atoms with Crippen molar-refractivity contribution in [3.8, 4) is 0 Å². The van der Waals surface area contributed by atoms with Crippen LogP contribution in [0, 0.1) is 12.8 Å². The molecule has 0 unspecified atom stereocenters. The zero-order valence-corrected chi connectivity index (χ0v) is 12.5. The first-order valence-corrected chi connectivity index (χ1v) is 7.79. The molecule has 0 bridgehead atoms. The van der Waals surface area contributed by atoms with E-state index >= 15 is 0 Å². The highest BCUT2D eigenvalue weighted by Gasteiger charge is 2.31. The van der Waals surface area contributed by atoms with Crippen molar-refractivity contribution in [3.05, 3.63) is 23.7 Å². The number of rotatable bonds is 2. The van der Waals surface area contributed by atoms with Gasteiger partial charge < -0.3 is 14.2 Å². The Hall–Kier alpha value is -1.78. The molecule has 0 atom stereocenters. The lowest BCUT2D eigenvalue weighted by Gasteiger charge is -2.35. The van der Waals surface area contributed by atoms with E-state index in [4.69, 9.17) is 4.42 Å². The molecule has 0 radical (unpaired) electrons. The summed E-state index contributed by atoms with van der Waals surface area (Å²) in [5.41, 5.74) is 0.865. The highest BCUT2D eigenvalue weighted by molar-refractivity contribution is 5.93. The molecule has 1 saturated carbocycles. The van der Waals surface area contributed by atoms with E-state index in [2.05, 4.69) is 0 Å². The largest absolute Gasteiger partial charge is 0.459 e. The van der Waals surface area contributed by atoms with Gasteiger partial charge in [-0.15, -0.1) is 0 Å². The van der Waals surface area contributed by atoms with E-state index in [1.165, 1.54) is 12.8 Å². The van der Waals surface area contributed by atoms with E-state index in [1.807, 2.05) is 11.8 Å². The van der Waals surface area contributed by atoms with Gasteiger partial charge in [-0.3, -0.25) is 9.59 Å². The summed E-state index contributed by atoms with van der Waals surface area (Å²) in [6.07, 6.45) is 5.95. The van der Waals surface area contributed by atoms with Crippen molar-refractivity contribution < 1.29 is 14.0 Å². The second kappa shape index (κ2) is 5.92. The zero-order chi connectivity index (χ0) is 14.8. The maximum Gasteiger partial charge on any atom is 0.289 e. The third kappa shape index (κ3) is 2.82. The van der Waals surface area contributed by atoms with Crippen LogP contribution in [0.15, 0.2) is 16.7 Å². The Bertz CT molecular complexity index is 523. The van der Waals surface area contributed by atoms with Crippen LogP contribution < -0.4 is 0 Å². The van der Waals surface area contributed by atoms with Gasteiger partial charge in [0.2, 0.25) is 5.91 Å². The first-order chi connectivity index (χ1) is 10.2. The summed E-state index contributed by atoms with van der Waals surface area (Å²) in [4.78, 5) is 28.4. The zero-order valence-electron chi connectivity index (χ0n) is 12.5. The van der Waals surface area contributed by atoms with Crippen LogP contribution in [-0.4, -0.2) is 47.8 Å². The molecular formula is C16H22N2O3. The molecule has 5 nitrogen and oxygen atoms in total. The van der Waals surface area contributed by atoms with Gasteiger partial charge in [0.05, 0.1) is 6.26 Å². The van der Waals surface area contributed by atoms with Gasteiger partial charge in [0, 0.05) is 37.7 Å². The van der Waals surface area contributed by atoms with E-state index in [0.29, 0.717) is 31.9 Å². The Balaban J connectivity index is 1.56. The SMILES string of the molecule is Cc1ccoc1C(=O)N1CCN(C(=O)C2CCCC2)CC1. The van der Waals surface area contributed by atoms with Crippen molar-refractivity contribution in [2.45, 2.75) is 32.6 Å². The van der Waals surface area contributed by atoms with Gasteiger partial charge >= 0.3 is 0 Å². The summed E-state index contributed by atoms with van der Waals surface area (Å²) < 4.78 is 5.26. The molecule has 2 fully saturated rings. The molecular weight excluding hydrogens is 268 g/mol. The van der Waals surface area contributed by atoms with E-state index < -0.39 is 0 Å². The summed E-state index contributed by atoms with van der Waals surface area (Å²) >= 11 is 0. The lowest BCUT2D eigenvalue weighted by Crippen LogP contribution is -2.51. The van der Waals surface area contributed by atoms with Gasteiger partial charge in [-0.25, -0.2) is 0 Å². The monoisotopic (exact) mass is 290 g/mol. The molecule has 1 saturated heterocycles. The molecule has 1 aromatic rings. The van der Waals surface area contributed by atoms with Crippen LogP contribution in [0.25, 0.3) is 0 Å². The van der Waals surface area contributed by atoms with Crippen molar-refractivity contribution in [2.24, 2.45) is 5.92 Å². The molecule has 114 valence electrons. The third-order valence-corrected chi connectivity index (χ3v) is 4.64. The van der Waals surface area contributed by atoms with Crippen LogP contribution in [0.4, 0.5) is 0 Å². The summed E-state index contributed by atoms with van der Waals surface area (Å²) in [6, 6.07) is 1.80. The van der Waals surface area contributed by atoms with Gasteiger partial charge in [0.1, 0.15) is 0 Å². The summed E-state index contributed by atoms with van der Waals surface area (Å²) in [5.74, 6) is 0.865. The predicted molar refractivity (Wildman–Crippen MR) is 77.9 cm³/mol. The molecule has 5 heteroatoms. The van der Waals surface area contributed by atoms with Crippen molar-refractivity contribution in [1.29, 1.82) is 0 Å². The molecule has 2 heterocycles. The lowest BCUT2D eigenvalue weighted by molar-refractivity contribution is -0.136. The standard InChI is InChI=1S/C16H22N2O3/c1-12-6-11-21-14(12)16(20)18-9-7-17(8-10-18)15(19)13-4-2-3-5-13/h6,11,13H,2-5,7-10H2,1H3. The van der Waals surface area contributed by atoms with Crippen LogP contribution in [0.1, 0.15) is 41.8 Å². The Morgan fingerprint density at radius 1 is 1.10 bits per heavy atom. The number of hydrogen-bond acceptors (Lipinski definition) is 3. The molecule has 1 aliphatic carbocycles. The smallest absolute Gasteiger partial charge is 0.289 e. The fraction of sp³-hybridized carbons (Fsp3) is 0.625. The minimum absolute atomic E-state index is 0.0644. The number of hydrogen-bond donors (Lipinski definition) is 0. The summed E-state index contributed by atoms with van der Waals surface area (Å²) in [6.45, 7) is 4.34. The molecule has 2 aliphatic rings. The normalized spacial score (nSPS) is 20.0. The molecule has 0 spiro atoms. The van der Waals surface area contributed by atoms with Gasteiger partial charge in [-0.05, 0) is 25.8 Å². The van der Waals surface area contributed by atoms with Crippen LogP contribution in [-0.2, 0) is 4.79 Å². The number of carbonyl (C=O) groups is 2. The van der Waals surface area contributed by atoms with Crippen LogP contribution in [0.3, 0.4) is 0 Å². The quantitative estimate of drug-likeness (QED) is 0.838. The molecule has 3 rings (SSSR count). The summed E-state index contributed by atoms with van der Waals surface area (Å²) in [5, 5.41) is 0. The van der Waals surface area contributed by atoms with Crippen LogP contribution in [0.2, 0.25) is 0 Å². The van der Waals surface area contributed by atoms with E-state index in [1.54, 1.807) is 17.2 Å². The number of aryl methyl sites for hydroxylation is 1. The van der Waals surface area contributed by atoms with Crippen molar-refractivity contribution >= 4 is 11.8 Å². The van der Waals surface area contributed by atoms with Crippen LogP contribution in [0.5, 0.6) is 0 Å². The van der Waals surface area contributed by atoms with Crippen molar-refractivity contribution in [3.63, 3.8) is 0 Å². The maximum atomic E-state index is 12.4. The first kappa shape index (κ1) is 14.2. The predicted octanol–water partition coefficient (Wildman–Crippen LogP) is 2.06. The first-order valence-electron chi connectivity index (χ1n) is 7.79. The molecule has 1 aromatic heterocycles. The van der Waals surface area contributed by atoms with Gasteiger partial charge in [-0.2, -0.15) is 0 Å². The minimum Gasteiger partial charge on any atom is -0.459 e. The Kier molecular flexibility index (Phi) is 3.99. The lowest BCUT2D eigenvalue weighted by atomic mass is 10.1. The Morgan fingerprint density at radius 2 is 1.71 bits per heavy atom. The third-order valence-electron chi connectivity index (χ3n) is 4.64. The second-order valence-electron chi connectivity index (χ2n) is 6.03. The minimum atomic E-state index is -0.0644. The van der Waals surface area contributed by atoms with Gasteiger partial charge in [-0.1, -0.05) is 12.8 Å². The number of piperazine rings is 1. The van der Waals surface area contributed by atoms with Gasteiger partial charge in [0.25, 0.3) is 5.91 Å². The van der Waals surface area contributed by atoms with E-state index in [0.717, 1.165) is 18.4 Å². The number of furan rings is 1. The highest BCUT2D eigenvalue weighted by atomic mass is 16.3. The average Bonchev–Trinajstić information content (AvgIpc) is 3.17. The topological polar surface area (TPSA) is 53.8 Å². The molecule has 2 amide bonds. The molecule has 0 aromatic carbocycles. The number of amides is 2. The Morgan fingerprint density at radius 3 is 2.29 bits per heavy atom. The van der Waals surface area contributed by atoms with Crippen molar-refractivity contribution in [2.75, 3.05) is 26.2 Å². The van der Waals surface area contributed by atoms with Gasteiger partial charge in [0.15, 0.2) is 5.76 Å². The van der Waals surface area contributed by atoms with E-state index in [9.17, 15) is 9.59 Å². The van der Waals surface area contributed by atoms with E-state index in [-0.39, 0.29) is 17.7 Å².